The number of carbonyl (C=O) groups excluding carboxylic acids is 1. The van der Waals surface area contributed by atoms with Crippen LogP contribution < -0.4 is 0 Å². The summed E-state index contributed by atoms with van der Waals surface area (Å²) in [7, 11) is 0. The molecule has 1 saturated heterocycles. The molecule has 1 fully saturated rings. The molecular formula is C12H9NO5. The maximum atomic E-state index is 12.2. The molecule has 0 atom stereocenters. The lowest BCUT2D eigenvalue weighted by molar-refractivity contribution is -0.168. The highest BCUT2D eigenvalue weighted by Gasteiger charge is 2.53. The highest BCUT2D eigenvalue weighted by Crippen LogP contribution is 2.32. The fourth-order valence-electron chi connectivity index (χ4n) is 1.93. The zero-order chi connectivity index (χ0) is 12.8. The molecule has 0 spiro atoms. The van der Waals surface area contributed by atoms with Gasteiger partial charge in [0.1, 0.15) is 5.52 Å². The Hall–Kier alpha value is -2.21. The van der Waals surface area contributed by atoms with E-state index in [0.29, 0.717) is 16.7 Å². The first kappa shape index (κ1) is 10.9. The number of fused-ring (bicyclic) bond motifs is 1. The fraction of sp³-hybridized carbons (Fsp3) is 0.250. The largest absolute Gasteiger partial charge is 0.480 e. The number of hydrogen-bond acceptors (Lipinski definition) is 5. The van der Waals surface area contributed by atoms with Crippen molar-refractivity contribution in [1.29, 1.82) is 0 Å². The van der Waals surface area contributed by atoms with Gasteiger partial charge in [0.25, 0.3) is 0 Å². The van der Waals surface area contributed by atoms with Gasteiger partial charge < -0.3 is 14.3 Å². The van der Waals surface area contributed by atoms with Crippen molar-refractivity contribution in [2.45, 2.75) is 0 Å². The van der Waals surface area contributed by atoms with Crippen LogP contribution in [0.3, 0.4) is 0 Å². The van der Waals surface area contributed by atoms with Crippen LogP contribution in [-0.2, 0) is 9.53 Å². The quantitative estimate of drug-likeness (QED) is 0.645. The summed E-state index contributed by atoms with van der Waals surface area (Å²) in [6.07, 6.45) is 1.28. The minimum atomic E-state index is -1.45. The van der Waals surface area contributed by atoms with Crippen molar-refractivity contribution in [2.24, 2.45) is 5.41 Å². The van der Waals surface area contributed by atoms with Gasteiger partial charge in [-0.15, -0.1) is 0 Å². The van der Waals surface area contributed by atoms with E-state index in [1.807, 2.05) is 0 Å². The van der Waals surface area contributed by atoms with Gasteiger partial charge in [0, 0.05) is 5.56 Å². The maximum absolute atomic E-state index is 12.2. The van der Waals surface area contributed by atoms with Crippen molar-refractivity contribution in [1.82, 2.24) is 4.98 Å². The number of aliphatic carboxylic acids is 1. The first-order valence-corrected chi connectivity index (χ1v) is 5.33. The molecule has 0 aliphatic carbocycles. The van der Waals surface area contributed by atoms with Crippen molar-refractivity contribution in [3.05, 3.63) is 30.2 Å². The SMILES string of the molecule is O=C(O)C1(C(=O)c2ccc3ncoc3c2)COC1. The van der Waals surface area contributed by atoms with Crippen molar-refractivity contribution in [2.75, 3.05) is 13.2 Å². The molecule has 1 aromatic carbocycles. The lowest BCUT2D eigenvalue weighted by atomic mass is 9.78. The van der Waals surface area contributed by atoms with E-state index in [2.05, 4.69) is 4.98 Å². The number of rotatable bonds is 3. The lowest BCUT2D eigenvalue weighted by Gasteiger charge is -2.35. The molecule has 0 saturated carbocycles. The Morgan fingerprint density at radius 3 is 2.72 bits per heavy atom. The first-order valence-electron chi connectivity index (χ1n) is 5.33. The molecule has 6 heteroatoms. The summed E-state index contributed by atoms with van der Waals surface area (Å²) < 4.78 is 9.97. The molecule has 2 aromatic rings. The molecule has 6 nitrogen and oxygen atoms in total. The third-order valence-electron chi connectivity index (χ3n) is 3.13. The van der Waals surface area contributed by atoms with E-state index < -0.39 is 17.2 Å². The van der Waals surface area contributed by atoms with Crippen molar-refractivity contribution < 1.29 is 23.8 Å². The maximum Gasteiger partial charge on any atom is 0.322 e. The van der Waals surface area contributed by atoms with Crippen LogP contribution in [0.25, 0.3) is 11.1 Å². The molecule has 0 amide bonds. The van der Waals surface area contributed by atoms with Gasteiger partial charge in [-0.3, -0.25) is 9.59 Å². The second-order valence-electron chi connectivity index (χ2n) is 4.24. The van der Waals surface area contributed by atoms with E-state index in [0.717, 1.165) is 0 Å². The number of oxazole rings is 1. The molecule has 92 valence electrons. The van der Waals surface area contributed by atoms with E-state index in [4.69, 9.17) is 14.3 Å². The average molecular weight is 247 g/mol. The number of carboxylic acids is 1. The molecule has 1 aromatic heterocycles. The molecule has 0 radical (unpaired) electrons. The van der Waals surface area contributed by atoms with Gasteiger partial charge in [-0.25, -0.2) is 4.98 Å². The Bertz CT molecular complexity index is 641. The average Bonchev–Trinajstić information content (AvgIpc) is 2.73. The van der Waals surface area contributed by atoms with Gasteiger partial charge in [-0.2, -0.15) is 0 Å². The Morgan fingerprint density at radius 2 is 2.11 bits per heavy atom. The molecule has 1 aliphatic heterocycles. The standard InChI is InChI=1S/C12H9NO5/c14-10(12(11(15)16)4-17-5-12)7-1-2-8-9(3-7)18-6-13-8/h1-3,6H,4-5H2,(H,15,16). The number of benzene rings is 1. The van der Waals surface area contributed by atoms with E-state index in [1.165, 1.54) is 12.5 Å². The van der Waals surface area contributed by atoms with Gasteiger partial charge in [0.05, 0.1) is 13.2 Å². The highest BCUT2D eigenvalue weighted by molar-refractivity contribution is 6.13. The smallest absolute Gasteiger partial charge is 0.322 e. The van der Waals surface area contributed by atoms with Crippen LogP contribution in [0.1, 0.15) is 10.4 Å². The molecule has 1 N–H and O–H groups in total. The normalized spacial score (nSPS) is 17.3. The van der Waals surface area contributed by atoms with Crippen LogP contribution >= 0.6 is 0 Å². The lowest BCUT2D eigenvalue weighted by Crippen LogP contribution is -2.54. The second-order valence-corrected chi connectivity index (χ2v) is 4.24. The van der Waals surface area contributed by atoms with Gasteiger partial charge >= 0.3 is 5.97 Å². The molecule has 1 aliphatic rings. The number of ketones is 1. The van der Waals surface area contributed by atoms with Crippen molar-refractivity contribution in [3.63, 3.8) is 0 Å². The first-order chi connectivity index (χ1) is 8.63. The molecule has 0 unspecified atom stereocenters. The summed E-state index contributed by atoms with van der Waals surface area (Å²) in [6.45, 7) is -0.175. The third kappa shape index (κ3) is 1.36. The summed E-state index contributed by atoms with van der Waals surface area (Å²) in [5, 5.41) is 9.15. The molecule has 18 heavy (non-hydrogen) atoms. The van der Waals surface area contributed by atoms with E-state index >= 15 is 0 Å². The minimum absolute atomic E-state index is 0.0877. The Labute approximate surface area is 101 Å². The summed E-state index contributed by atoms with van der Waals surface area (Å²) in [6, 6.07) is 4.69. The number of Topliss-reactive ketones (excluding diaryl/α,β-unsaturated/α-hetero) is 1. The van der Waals surface area contributed by atoms with Gasteiger partial charge in [0.15, 0.2) is 23.2 Å². The summed E-state index contributed by atoms with van der Waals surface area (Å²) in [5.41, 5.74) is -0.0689. The van der Waals surface area contributed by atoms with E-state index in [1.54, 1.807) is 12.1 Å². The molecule has 2 heterocycles. The van der Waals surface area contributed by atoms with Crippen LogP contribution in [0.15, 0.2) is 29.0 Å². The molecule has 0 bridgehead atoms. The number of carbonyl (C=O) groups is 2. The van der Waals surface area contributed by atoms with Gasteiger partial charge in [-0.1, -0.05) is 0 Å². The number of aromatic nitrogens is 1. The van der Waals surface area contributed by atoms with Gasteiger partial charge in [0.2, 0.25) is 0 Å². The van der Waals surface area contributed by atoms with Gasteiger partial charge in [-0.05, 0) is 18.2 Å². The minimum Gasteiger partial charge on any atom is -0.480 e. The molecular weight excluding hydrogens is 238 g/mol. The third-order valence-corrected chi connectivity index (χ3v) is 3.13. The predicted octanol–water partition coefficient (Wildman–Crippen LogP) is 1.11. The zero-order valence-electron chi connectivity index (χ0n) is 9.25. The number of nitrogens with zero attached hydrogens (tertiary/aromatic N) is 1. The Kier molecular flexibility index (Phi) is 2.21. The number of hydrogen-bond donors (Lipinski definition) is 1. The van der Waals surface area contributed by atoms with E-state index in [-0.39, 0.29) is 13.2 Å². The van der Waals surface area contributed by atoms with Crippen LogP contribution in [-0.4, -0.2) is 35.1 Å². The van der Waals surface area contributed by atoms with Crippen molar-refractivity contribution >= 4 is 22.9 Å². The summed E-state index contributed by atoms with van der Waals surface area (Å²) in [4.78, 5) is 27.4. The summed E-state index contributed by atoms with van der Waals surface area (Å²) in [5.74, 6) is -1.61. The topological polar surface area (TPSA) is 89.6 Å². The van der Waals surface area contributed by atoms with E-state index in [9.17, 15) is 9.59 Å². The van der Waals surface area contributed by atoms with Crippen LogP contribution in [0.5, 0.6) is 0 Å². The zero-order valence-corrected chi connectivity index (χ0v) is 9.25. The van der Waals surface area contributed by atoms with Crippen LogP contribution in [0, 0.1) is 5.41 Å². The fourth-order valence-corrected chi connectivity index (χ4v) is 1.93. The Balaban J connectivity index is 2.03. The number of carboxylic acid groups (broad SMARTS) is 1. The van der Waals surface area contributed by atoms with Crippen molar-refractivity contribution in [3.8, 4) is 0 Å². The second kappa shape index (κ2) is 3.64. The van der Waals surface area contributed by atoms with Crippen LogP contribution in [0.4, 0.5) is 0 Å². The van der Waals surface area contributed by atoms with Crippen LogP contribution in [0.2, 0.25) is 0 Å². The highest BCUT2D eigenvalue weighted by atomic mass is 16.5. The summed E-state index contributed by atoms with van der Waals surface area (Å²) >= 11 is 0. The monoisotopic (exact) mass is 247 g/mol. The molecule has 3 rings (SSSR count). The number of ether oxygens (including phenoxy) is 1. The Morgan fingerprint density at radius 1 is 1.33 bits per heavy atom. The predicted molar refractivity (Wildman–Crippen MR) is 59.2 cm³/mol.